The second kappa shape index (κ2) is 5.38. The van der Waals surface area contributed by atoms with E-state index in [0.717, 1.165) is 5.56 Å². The van der Waals surface area contributed by atoms with E-state index in [0.29, 0.717) is 21.5 Å². The van der Waals surface area contributed by atoms with E-state index in [-0.39, 0.29) is 5.82 Å². The number of nitrogens with zero attached hydrogens (tertiary/aromatic N) is 1. The van der Waals surface area contributed by atoms with Crippen LogP contribution in [0.1, 0.15) is 5.56 Å². The molecule has 0 fully saturated rings. The quantitative estimate of drug-likeness (QED) is 0.523. The molecule has 0 saturated carbocycles. The number of aromatic nitrogens is 1. The summed E-state index contributed by atoms with van der Waals surface area (Å²) < 4.78 is 13.5. The summed E-state index contributed by atoms with van der Waals surface area (Å²) >= 11 is 7.08. The molecule has 0 saturated heterocycles. The van der Waals surface area contributed by atoms with Crippen molar-refractivity contribution in [1.82, 2.24) is 4.98 Å². The topological polar surface area (TPSA) is 38.9 Å². The average molecular weight is 269 g/mol. The lowest BCUT2D eigenvalue weighted by molar-refractivity contribution is 0.603. The number of hydrogen-bond donors (Lipinski definition) is 1. The van der Waals surface area contributed by atoms with Crippen LogP contribution in [-0.4, -0.2) is 4.98 Å². The first kappa shape index (κ1) is 12.2. The molecule has 88 valence electrons. The Morgan fingerprint density at radius 1 is 1.29 bits per heavy atom. The van der Waals surface area contributed by atoms with Crippen LogP contribution >= 0.6 is 23.4 Å². The van der Waals surface area contributed by atoms with Crippen molar-refractivity contribution in [3.63, 3.8) is 0 Å². The third kappa shape index (κ3) is 3.35. The predicted octanol–water partition coefficient (Wildman–Crippen LogP) is 3.75. The first-order valence-electron chi connectivity index (χ1n) is 4.93. The van der Waals surface area contributed by atoms with Crippen molar-refractivity contribution in [3.8, 4) is 0 Å². The molecule has 0 radical (unpaired) electrons. The molecule has 0 bridgehead atoms. The van der Waals surface area contributed by atoms with Crippen molar-refractivity contribution in [3.05, 3.63) is 53.1 Å². The smallest absolute Gasteiger partial charge is 0.138 e. The van der Waals surface area contributed by atoms with E-state index >= 15 is 0 Å². The summed E-state index contributed by atoms with van der Waals surface area (Å²) in [6.07, 6.45) is 1.69. The Morgan fingerprint density at radius 2 is 2.12 bits per heavy atom. The number of nitrogens with two attached hydrogens (primary N) is 1. The molecule has 2 nitrogen and oxygen atoms in total. The van der Waals surface area contributed by atoms with Gasteiger partial charge in [-0.25, -0.2) is 9.37 Å². The van der Waals surface area contributed by atoms with Crippen LogP contribution in [0.4, 0.5) is 10.1 Å². The Bertz CT molecular complexity index is 516. The maximum absolute atomic E-state index is 13.5. The summed E-state index contributed by atoms with van der Waals surface area (Å²) in [6.45, 7) is 0. The number of pyridine rings is 1. The molecule has 0 spiro atoms. The zero-order valence-corrected chi connectivity index (χ0v) is 10.4. The van der Waals surface area contributed by atoms with Gasteiger partial charge in [-0.1, -0.05) is 17.7 Å². The van der Waals surface area contributed by atoms with E-state index in [9.17, 15) is 4.39 Å². The zero-order chi connectivity index (χ0) is 12.3. The fraction of sp³-hybridized carbons (Fsp3) is 0.0833. The summed E-state index contributed by atoms with van der Waals surface area (Å²) in [4.78, 5) is 4.54. The highest BCUT2D eigenvalue weighted by molar-refractivity contribution is 7.98. The Hall–Kier alpha value is -1.26. The van der Waals surface area contributed by atoms with Gasteiger partial charge in [0.25, 0.3) is 0 Å². The van der Waals surface area contributed by atoms with Crippen LogP contribution in [0.25, 0.3) is 0 Å². The standard InChI is InChI=1S/C12H10ClFN2S/c13-12-4-1-8(6-16-12)7-17-11-3-2-9(15)5-10(11)14/h1-6H,7,15H2. The van der Waals surface area contributed by atoms with Crippen molar-refractivity contribution in [2.24, 2.45) is 0 Å². The monoisotopic (exact) mass is 268 g/mol. The van der Waals surface area contributed by atoms with E-state index in [1.165, 1.54) is 17.8 Å². The van der Waals surface area contributed by atoms with Crippen molar-refractivity contribution < 1.29 is 4.39 Å². The van der Waals surface area contributed by atoms with E-state index < -0.39 is 0 Å². The fourth-order valence-corrected chi connectivity index (χ4v) is 2.25. The maximum atomic E-state index is 13.5. The largest absolute Gasteiger partial charge is 0.399 e. The molecule has 5 heteroatoms. The van der Waals surface area contributed by atoms with Crippen molar-refractivity contribution in [1.29, 1.82) is 0 Å². The Kier molecular flexibility index (Phi) is 3.86. The number of hydrogen-bond acceptors (Lipinski definition) is 3. The number of nitrogen functional groups attached to an aromatic ring is 1. The molecule has 0 amide bonds. The molecule has 2 rings (SSSR count). The molecular formula is C12H10ClFN2S. The normalized spacial score (nSPS) is 10.5. The van der Waals surface area contributed by atoms with Crippen molar-refractivity contribution >= 4 is 29.1 Å². The third-order valence-electron chi connectivity index (χ3n) is 2.14. The molecule has 17 heavy (non-hydrogen) atoms. The lowest BCUT2D eigenvalue weighted by atomic mass is 10.3. The van der Waals surface area contributed by atoms with Gasteiger partial charge in [-0.15, -0.1) is 11.8 Å². The molecule has 0 aliphatic carbocycles. The number of thioether (sulfide) groups is 1. The number of anilines is 1. The predicted molar refractivity (Wildman–Crippen MR) is 69.6 cm³/mol. The van der Waals surface area contributed by atoms with Gasteiger partial charge in [0.05, 0.1) is 0 Å². The lowest BCUT2D eigenvalue weighted by Gasteiger charge is -2.04. The molecule has 0 unspecified atom stereocenters. The maximum Gasteiger partial charge on any atom is 0.138 e. The van der Waals surface area contributed by atoms with Gasteiger partial charge in [-0.05, 0) is 29.8 Å². The van der Waals surface area contributed by atoms with Gasteiger partial charge < -0.3 is 5.73 Å². The number of rotatable bonds is 3. The second-order valence-electron chi connectivity index (χ2n) is 3.47. The van der Waals surface area contributed by atoms with Crippen LogP contribution in [0.15, 0.2) is 41.4 Å². The van der Waals surface area contributed by atoms with E-state index in [1.807, 2.05) is 6.07 Å². The number of benzene rings is 1. The Balaban J connectivity index is 2.04. The molecule has 2 N–H and O–H groups in total. The molecular weight excluding hydrogens is 259 g/mol. The minimum absolute atomic E-state index is 0.295. The van der Waals surface area contributed by atoms with E-state index in [4.69, 9.17) is 17.3 Å². The lowest BCUT2D eigenvalue weighted by Crippen LogP contribution is -1.89. The summed E-state index contributed by atoms with van der Waals surface area (Å²) in [5.41, 5.74) is 6.90. The van der Waals surface area contributed by atoms with Gasteiger partial charge in [0.2, 0.25) is 0 Å². The van der Waals surface area contributed by atoms with Crippen LogP contribution in [0.5, 0.6) is 0 Å². The van der Waals surface area contributed by atoms with Gasteiger partial charge in [-0.2, -0.15) is 0 Å². The Labute approximate surface area is 108 Å². The average Bonchev–Trinajstić information content (AvgIpc) is 2.30. The Morgan fingerprint density at radius 3 is 2.76 bits per heavy atom. The van der Waals surface area contributed by atoms with E-state index in [2.05, 4.69) is 4.98 Å². The van der Waals surface area contributed by atoms with Gasteiger partial charge >= 0.3 is 0 Å². The van der Waals surface area contributed by atoms with Gasteiger partial charge in [0.15, 0.2) is 0 Å². The van der Waals surface area contributed by atoms with Crippen LogP contribution in [0.2, 0.25) is 5.15 Å². The van der Waals surface area contributed by atoms with Crippen LogP contribution in [0, 0.1) is 5.82 Å². The highest BCUT2D eigenvalue weighted by atomic mass is 35.5. The molecule has 0 atom stereocenters. The molecule has 1 heterocycles. The minimum Gasteiger partial charge on any atom is -0.399 e. The third-order valence-corrected chi connectivity index (χ3v) is 3.48. The molecule has 1 aromatic carbocycles. The van der Waals surface area contributed by atoms with E-state index in [1.54, 1.807) is 24.4 Å². The van der Waals surface area contributed by atoms with Crippen molar-refractivity contribution in [2.45, 2.75) is 10.6 Å². The minimum atomic E-state index is -0.295. The summed E-state index contributed by atoms with van der Waals surface area (Å²) in [5, 5.41) is 0.456. The van der Waals surface area contributed by atoms with Crippen molar-refractivity contribution in [2.75, 3.05) is 5.73 Å². The zero-order valence-electron chi connectivity index (χ0n) is 8.86. The van der Waals surface area contributed by atoms with Gasteiger partial charge in [-0.3, -0.25) is 0 Å². The summed E-state index contributed by atoms with van der Waals surface area (Å²) in [7, 11) is 0. The van der Waals surface area contributed by atoms with Gasteiger partial charge in [0, 0.05) is 22.5 Å². The van der Waals surface area contributed by atoms with Gasteiger partial charge in [0.1, 0.15) is 11.0 Å². The highest BCUT2D eigenvalue weighted by Gasteiger charge is 2.03. The molecule has 0 aliphatic heterocycles. The van der Waals surface area contributed by atoms with Crippen LogP contribution < -0.4 is 5.73 Å². The number of halogens is 2. The van der Waals surface area contributed by atoms with Crippen LogP contribution in [-0.2, 0) is 5.75 Å². The molecule has 0 aliphatic rings. The first-order chi connectivity index (χ1) is 8.15. The summed E-state index contributed by atoms with van der Waals surface area (Å²) in [6, 6.07) is 8.28. The van der Waals surface area contributed by atoms with Crippen LogP contribution in [0.3, 0.4) is 0 Å². The SMILES string of the molecule is Nc1ccc(SCc2ccc(Cl)nc2)c(F)c1. The second-order valence-corrected chi connectivity index (χ2v) is 4.87. The molecule has 2 aromatic rings. The first-order valence-corrected chi connectivity index (χ1v) is 6.30. The summed E-state index contributed by atoms with van der Waals surface area (Å²) in [5.74, 6) is 0.349. The molecule has 1 aromatic heterocycles. The highest BCUT2D eigenvalue weighted by Crippen LogP contribution is 2.26. The fourth-order valence-electron chi connectivity index (χ4n) is 1.29.